The highest BCUT2D eigenvalue weighted by molar-refractivity contribution is 6.30. The summed E-state index contributed by atoms with van der Waals surface area (Å²) in [6, 6.07) is 0. The minimum absolute atomic E-state index is 0.305. The Morgan fingerprint density at radius 3 is 3.12 bits per heavy atom. The van der Waals surface area contributed by atoms with Gasteiger partial charge in [0.1, 0.15) is 0 Å². The first-order valence-corrected chi connectivity index (χ1v) is 5.60. The lowest BCUT2D eigenvalue weighted by Gasteiger charge is -2.08. The van der Waals surface area contributed by atoms with Crippen molar-refractivity contribution < 1.29 is 0 Å². The molecule has 1 aromatic rings. The van der Waals surface area contributed by atoms with Crippen LogP contribution in [-0.2, 0) is 6.54 Å². The molecule has 0 unspecified atom stereocenters. The van der Waals surface area contributed by atoms with E-state index in [1.807, 2.05) is 0 Å². The predicted octanol–water partition coefficient (Wildman–Crippen LogP) is 1.45. The van der Waals surface area contributed by atoms with E-state index in [2.05, 4.69) is 23.8 Å². The molecule has 0 saturated heterocycles. The average Bonchev–Trinajstić information content (AvgIpc) is 2.24. The zero-order valence-electron chi connectivity index (χ0n) is 9.37. The topological polar surface area (TPSA) is 46.9 Å². The van der Waals surface area contributed by atoms with E-state index in [1.165, 1.54) is 10.8 Å². The maximum atomic E-state index is 11.4. The van der Waals surface area contributed by atoms with E-state index >= 15 is 0 Å². The third-order valence-electron chi connectivity index (χ3n) is 2.02. The van der Waals surface area contributed by atoms with E-state index in [0.717, 1.165) is 18.5 Å². The van der Waals surface area contributed by atoms with Gasteiger partial charge in [-0.1, -0.05) is 25.1 Å². The van der Waals surface area contributed by atoms with E-state index in [-0.39, 0.29) is 5.69 Å². The van der Waals surface area contributed by atoms with Gasteiger partial charge in [-0.05, 0) is 18.5 Å². The molecule has 5 heteroatoms. The molecule has 4 nitrogen and oxygen atoms in total. The van der Waals surface area contributed by atoms with Crippen molar-refractivity contribution in [3.63, 3.8) is 0 Å². The summed E-state index contributed by atoms with van der Waals surface area (Å²) in [4.78, 5) is 15.0. The van der Waals surface area contributed by atoms with Crippen molar-refractivity contribution in [2.24, 2.45) is 0 Å². The highest BCUT2D eigenvalue weighted by Crippen LogP contribution is 2.02. The molecule has 0 aliphatic carbocycles. The second-order valence-corrected chi connectivity index (χ2v) is 4.05. The quantitative estimate of drug-likeness (QED) is 0.606. The second-order valence-electron chi connectivity index (χ2n) is 3.61. The molecule has 1 aromatic heterocycles. The Balaban J connectivity index is 2.56. The van der Waals surface area contributed by atoms with Crippen molar-refractivity contribution in [3.8, 4) is 0 Å². The average molecular weight is 242 g/mol. The number of aromatic nitrogens is 2. The van der Waals surface area contributed by atoms with Crippen LogP contribution in [0.4, 0.5) is 0 Å². The molecule has 0 saturated carbocycles. The zero-order valence-corrected chi connectivity index (χ0v) is 10.1. The van der Waals surface area contributed by atoms with Gasteiger partial charge >= 0.3 is 5.69 Å². The first-order chi connectivity index (χ1) is 7.63. The molecule has 0 aromatic carbocycles. The molecule has 1 rings (SSSR count). The normalized spacial score (nSPS) is 10.4. The summed E-state index contributed by atoms with van der Waals surface area (Å²) in [5, 5.41) is 3.67. The smallest absolute Gasteiger partial charge is 0.313 e. The van der Waals surface area contributed by atoms with Crippen molar-refractivity contribution in [2.75, 3.05) is 13.1 Å². The highest BCUT2D eigenvalue weighted by Gasteiger charge is 2.00. The molecular weight excluding hydrogens is 226 g/mol. The fourth-order valence-corrected chi connectivity index (χ4v) is 1.45. The van der Waals surface area contributed by atoms with Gasteiger partial charge in [0.25, 0.3) is 0 Å². The van der Waals surface area contributed by atoms with Crippen LogP contribution in [0.5, 0.6) is 0 Å². The Morgan fingerprint density at radius 2 is 2.44 bits per heavy atom. The lowest BCUT2D eigenvalue weighted by Crippen LogP contribution is -2.26. The SMILES string of the molecule is C=C(CNCCC)Cn1cc(Cl)cnc1=O. The first-order valence-electron chi connectivity index (χ1n) is 5.23. The van der Waals surface area contributed by atoms with E-state index in [1.54, 1.807) is 6.20 Å². The fraction of sp³-hybridized carbons (Fsp3) is 0.455. The molecule has 0 bridgehead atoms. The monoisotopic (exact) mass is 241 g/mol. The fourth-order valence-electron chi connectivity index (χ4n) is 1.28. The molecule has 0 atom stereocenters. The van der Waals surface area contributed by atoms with Gasteiger partial charge in [-0.3, -0.25) is 4.57 Å². The van der Waals surface area contributed by atoms with Crippen molar-refractivity contribution in [2.45, 2.75) is 19.9 Å². The lowest BCUT2D eigenvalue weighted by atomic mass is 10.3. The largest absolute Gasteiger partial charge is 0.347 e. The highest BCUT2D eigenvalue weighted by atomic mass is 35.5. The predicted molar refractivity (Wildman–Crippen MR) is 65.8 cm³/mol. The Morgan fingerprint density at radius 1 is 1.69 bits per heavy atom. The molecule has 1 heterocycles. The third-order valence-corrected chi connectivity index (χ3v) is 2.21. The van der Waals surface area contributed by atoms with Gasteiger partial charge in [0, 0.05) is 19.3 Å². The van der Waals surface area contributed by atoms with Crippen LogP contribution in [0.25, 0.3) is 0 Å². The number of rotatable bonds is 6. The minimum atomic E-state index is -0.305. The zero-order chi connectivity index (χ0) is 12.0. The van der Waals surface area contributed by atoms with Crippen LogP contribution < -0.4 is 11.0 Å². The van der Waals surface area contributed by atoms with Crippen LogP contribution in [0.1, 0.15) is 13.3 Å². The molecular formula is C11H16ClN3O. The molecule has 0 aliphatic heterocycles. The summed E-state index contributed by atoms with van der Waals surface area (Å²) in [6.07, 6.45) is 3.99. The molecule has 0 spiro atoms. The second kappa shape index (κ2) is 6.45. The molecule has 0 radical (unpaired) electrons. The standard InChI is InChI=1S/C11H16ClN3O/c1-3-4-13-5-9(2)7-15-8-10(12)6-14-11(15)16/h6,8,13H,2-5,7H2,1H3. The van der Waals surface area contributed by atoms with Crippen LogP contribution in [0.2, 0.25) is 5.02 Å². The number of hydrogen-bond acceptors (Lipinski definition) is 3. The van der Waals surface area contributed by atoms with E-state index < -0.39 is 0 Å². The molecule has 0 aliphatic rings. The van der Waals surface area contributed by atoms with Crippen molar-refractivity contribution in [1.82, 2.24) is 14.9 Å². The van der Waals surface area contributed by atoms with Crippen molar-refractivity contribution in [3.05, 3.63) is 40.1 Å². The summed E-state index contributed by atoms with van der Waals surface area (Å²) in [5.74, 6) is 0. The summed E-state index contributed by atoms with van der Waals surface area (Å²) in [6.45, 7) is 8.09. The van der Waals surface area contributed by atoms with Gasteiger partial charge in [0.15, 0.2) is 0 Å². The summed E-state index contributed by atoms with van der Waals surface area (Å²) in [5.41, 5.74) is 0.626. The van der Waals surface area contributed by atoms with Gasteiger partial charge in [-0.15, -0.1) is 0 Å². The number of halogens is 1. The van der Waals surface area contributed by atoms with Gasteiger partial charge in [0.05, 0.1) is 11.2 Å². The van der Waals surface area contributed by atoms with Gasteiger partial charge in [0.2, 0.25) is 0 Å². The van der Waals surface area contributed by atoms with E-state index in [9.17, 15) is 4.79 Å². The Hall–Kier alpha value is -1.13. The maximum Gasteiger partial charge on any atom is 0.347 e. The number of hydrogen-bond donors (Lipinski definition) is 1. The van der Waals surface area contributed by atoms with Crippen molar-refractivity contribution in [1.29, 1.82) is 0 Å². The number of nitrogens with one attached hydrogen (secondary N) is 1. The van der Waals surface area contributed by atoms with Crippen molar-refractivity contribution >= 4 is 11.6 Å². The van der Waals surface area contributed by atoms with E-state index in [0.29, 0.717) is 18.1 Å². The lowest BCUT2D eigenvalue weighted by molar-refractivity contribution is 0.654. The van der Waals surface area contributed by atoms with Crippen LogP contribution >= 0.6 is 11.6 Å². The molecule has 0 fully saturated rings. The minimum Gasteiger partial charge on any atom is -0.313 e. The van der Waals surface area contributed by atoms with Gasteiger partial charge in [-0.25, -0.2) is 9.78 Å². The summed E-state index contributed by atoms with van der Waals surface area (Å²) in [7, 11) is 0. The summed E-state index contributed by atoms with van der Waals surface area (Å²) < 4.78 is 1.46. The third kappa shape index (κ3) is 4.16. The Labute approximate surface area is 100.0 Å². The molecule has 16 heavy (non-hydrogen) atoms. The number of nitrogens with zero attached hydrogens (tertiary/aromatic N) is 2. The molecule has 1 N–H and O–H groups in total. The maximum absolute atomic E-state index is 11.4. The van der Waals surface area contributed by atoms with Gasteiger partial charge < -0.3 is 5.32 Å². The Bertz CT molecular complexity index is 414. The van der Waals surface area contributed by atoms with Crippen LogP contribution in [0.3, 0.4) is 0 Å². The van der Waals surface area contributed by atoms with Gasteiger partial charge in [-0.2, -0.15) is 0 Å². The van der Waals surface area contributed by atoms with Crippen LogP contribution in [0.15, 0.2) is 29.3 Å². The molecule has 88 valence electrons. The van der Waals surface area contributed by atoms with Crippen LogP contribution in [-0.4, -0.2) is 22.6 Å². The first kappa shape index (κ1) is 12.9. The summed E-state index contributed by atoms with van der Waals surface area (Å²) >= 11 is 5.76. The Kier molecular flexibility index (Phi) is 5.22. The van der Waals surface area contributed by atoms with E-state index in [4.69, 9.17) is 11.6 Å². The molecule has 0 amide bonds. The van der Waals surface area contributed by atoms with Crippen LogP contribution in [0, 0.1) is 0 Å².